The number of H-pyrrole nitrogens is 1. The van der Waals surface area contributed by atoms with Crippen LogP contribution in [-0.4, -0.2) is 16.7 Å². The molecule has 7 aromatic rings. The lowest BCUT2D eigenvalue weighted by Crippen LogP contribution is -2.54. The Morgan fingerprint density at radius 3 is 1.66 bits per heavy atom. The summed E-state index contributed by atoms with van der Waals surface area (Å²) in [7, 11) is 0. The smallest absolute Gasteiger partial charge is 0.267 e. The molecule has 3 heteroatoms. The predicted molar refractivity (Wildman–Crippen MR) is 217 cm³/mol. The van der Waals surface area contributed by atoms with Crippen LogP contribution in [-0.2, 0) is 10.8 Å². The quantitative estimate of drug-likeness (QED) is 0.176. The molecule has 50 heavy (non-hydrogen) atoms. The summed E-state index contributed by atoms with van der Waals surface area (Å²) < 4.78 is 0. The summed E-state index contributed by atoms with van der Waals surface area (Å²) in [5, 5.41) is 2.56. The first-order valence-corrected chi connectivity index (χ1v) is 18.1. The third kappa shape index (κ3) is 5.21. The number of pyridine rings is 1. The number of hydrogen-bond donors (Lipinski definition) is 1. The number of hydrogen-bond acceptors (Lipinski definition) is 1. The fraction of sp³-hybridized carbons (Fsp3) is 0.255. The first kappa shape index (κ1) is 32.3. The molecule has 1 N–H and O–H groups in total. The summed E-state index contributed by atoms with van der Waals surface area (Å²) in [4.78, 5) is 9.65. The molecule has 248 valence electrons. The van der Waals surface area contributed by atoms with Gasteiger partial charge < -0.3 is 4.98 Å². The Balaban J connectivity index is 1.63. The summed E-state index contributed by atoms with van der Waals surface area (Å²) in [5.41, 5.74) is 20.9. The van der Waals surface area contributed by atoms with Crippen molar-refractivity contribution < 1.29 is 0 Å². The second-order valence-corrected chi connectivity index (χ2v) is 16.8. The maximum Gasteiger partial charge on any atom is 0.267 e. The van der Waals surface area contributed by atoms with Crippen LogP contribution < -0.4 is 16.5 Å². The minimum absolute atomic E-state index is 0.0291. The molecule has 0 radical (unpaired) electrons. The van der Waals surface area contributed by atoms with E-state index in [1.807, 2.05) is 0 Å². The number of fused-ring (bicyclic) bond motifs is 10. The maximum atomic E-state index is 5.55. The zero-order valence-electron chi connectivity index (χ0n) is 31.3. The molecule has 0 spiro atoms. The van der Waals surface area contributed by atoms with E-state index in [4.69, 9.17) is 4.98 Å². The average Bonchev–Trinajstić information content (AvgIpc) is 3.44. The van der Waals surface area contributed by atoms with Gasteiger partial charge in [-0.3, -0.25) is 4.98 Å². The van der Waals surface area contributed by atoms with Crippen molar-refractivity contribution in [2.24, 2.45) is 0 Å². The molecule has 5 aromatic carbocycles. The maximum absolute atomic E-state index is 5.55. The SMILES string of the molecule is Cc1cc(C)c2cc1-c1cccc(n1)B(c1ccccc1)c1cc(C(C)(C)C)cc3c1[nH]c1c(cc(C(C)(C)C)cc13)-c1cc-2c(C)cc1C. The van der Waals surface area contributed by atoms with Gasteiger partial charge in [-0.1, -0.05) is 102 Å². The molecule has 0 unspecified atom stereocenters. The van der Waals surface area contributed by atoms with Crippen LogP contribution in [0.1, 0.15) is 74.9 Å². The highest BCUT2D eigenvalue weighted by Crippen LogP contribution is 2.42. The van der Waals surface area contributed by atoms with E-state index in [1.165, 1.54) is 93.9 Å². The van der Waals surface area contributed by atoms with E-state index >= 15 is 0 Å². The van der Waals surface area contributed by atoms with Crippen molar-refractivity contribution in [1.82, 2.24) is 9.97 Å². The molecule has 0 atom stereocenters. The van der Waals surface area contributed by atoms with Gasteiger partial charge >= 0.3 is 0 Å². The number of nitrogens with zero attached hydrogens (tertiary/aromatic N) is 1. The molecule has 0 fully saturated rings. The van der Waals surface area contributed by atoms with Crippen LogP contribution in [0.3, 0.4) is 0 Å². The van der Waals surface area contributed by atoms with E-state index in [2.05, 4.69) is 171 Å². The molecule has 0 amide bonds. The van der Waals surface area contributed by atoms with Crippen molar-refractivity contribution in [2.45, 2.75) is 80.1 Å². The average molecular weight is 651 g/mol. The second-order valence-electron chi connectivity index (χ2n) is 16.8. The molecule has 0 saturated heterocycles. The number of aromatic amines is 1. The van der Waals surface area contributed by atoms with Crippen LogP contribution in [0, 0.1) is 27.7 Å². The van der Waals surface area contributed by atoms with Gasteiger partial charge in [-0.2, -0.15) is 0 Å². The number of rotatable bonds is 1. The Labute approximate surface area is 298 Å². The molecular weight excluding hydrogens is 603 g/mol. The minimum atomic E-state index is -0.0695. The van der Waals surface area contributed by atoms with Crippen LogP contribution in [0.4, 0.5) is 0 Å². The van der Waals surface area contributed by atoms with Gasteiger partial charge in [0.25, 0.3) is 6.71 Å². The topological polar surface area (TPSA) is 28.7 Å². The van der Waals surface area contributed by atoms with Crippen molar-refractivity contribution >= 4 is 45.0 Å². The van der Waals surface area contributed by atoms with Gasteiger partial charge in [0.15, 0.2) is 0 Å². The van der Waals surface area contributed by atoms with Gasteiger partial charge in [0.2, 0.25) is 0 Å². The summed E-state index contributed by atoms with van der Waals surface area (Å²) in [6.45, 7) is 22.9. The summed E-state index contributed by atoms with van der Waals surface area (Å²) >= 11 is 0. The lowest BCUT2D eigenvalue weighted by molar-refractivity contribution is 0.591. The number of aryl methyl sites for hydroxylation is 4. The summed E-state index contributed by atoms with van der Waals surface area (Å²) in [5.74, 6) is 0. The molecule has 2 nitrogen and oxygen atoms in total. The van der Waals surface area contributed by atoms with Crippen molar-refractivity contribution in [3.63, 3.8) is 0 Å². The molecule has 3 heterocycles. The van der Waals surface area contributed by atoms with Gasteiger partial charge in [0, 0.05) is 33.0 Å². The highest BCUT2D eigenvalue weighted by molar-refractivity contribution is 6.96. The fourth-order valence-electron chi connectivity index (χ4n) is 8.21. The van der Waals surface area contributed by atoms with Crippen molar-refractivity contribution in [3.05, 3.63) is 130 Å². The number of aromatic nitrogens is 2. The molecule has 1 aliphatic rings. The normalized spacial score (nSPS) is 13.0. The Morgan fingerprint density at radius 2 is 1.04 bits per heavy atom. The molecular formula is C47H47BN2. The zero-order chi connectivity index (χ0) is 35.3. The number of benzene rings is 5. The van der Waals surface area contributed by atoms with Gasteiger partial charge in [0.1, 0.15) is 0 Å². The van der Waals surface area contributed by atoms with E-state index in [-0.39, 0.29) is 17.5 Å². The summed E-state index contributed by atoms with van der Waals surface area (Å²) in [6.07, 6.45) is 0. The molecule has 1 aliphatic heterocycles. The molecule has 8 rings (SSSR count). The van der Waals surface area contributed by atoms with Crippen molar-refractivity contribution in [2.75, 3.05) is 0 Å². The van der Waals surface area contributed by atoms with Crippen LogP contribution in [0.25, 0.3) is 55.3 Å². The van der Waals surface area contributed by atoms with E-state index in [9.17, 15) is 0 Å². The molecule has 0 saturated carbocycles. The third-order valence-electron chi connectivity index (χ3n) is 11.1. The first-order chi connectivity index (χ1) is 23.7. The zero-order valence-corrected chi connectivity index (χ0v) is 31.3. The van der Waals surface area contributed by atoms with Gasteiger partial charge in [-0.15, -0.1) is 0 Å². The predicted octanol–water partition coefficient (Wildman–Crippen LogP) is 10.4. The Hall–Kier alpha value is -4.89. The molecule has 0 aliphatic carbocycles. The van der Waals surface area contributed by atoms with E-state index in [0.717, 1.165) is 11.3 Å². The minimum Gasteiger partial charge on any atom is -0.354 e. The first-order valence-electron chi connectivity index (χ1n) is 18.1. The molecule has 8 bridgehead atoms. The standard InChI is InChI=1S/C47H47BN2/c1-27-19-29(3)36-25-34(27)35-26-37(30(4)20-28(35)2)42-17-14-18-43(49-42)48(33-15-12-11-13-16-33)41-24-32(47(8,9)10)23-40-39-22-31(46(5,6)7)21-38(36)44(39)50-45(40)41/h11-26,50H,1-10H3. The van der Waals surface area contributed by atoms with E-state index < -0.39 is 0 Å². The van der Waals surface area contributed by atoms with E-state index in [1.54, 1.807) is 0 Å². The highest BCUT2D eigenvalue weighted by Gasteiger charge is 2.31. The Kier molecular flexibility index (Phi) is 7.32. The lowest BCUT2D eigenvalue weighted by atomic mass is 9.38. The highest BCUT2D eigenvalue weighted by atomic mass is 14.7. The second kappa shape index (κ2) is 11.3. The van der Waals surface area contributed by atoms with Gasteiger partial charge in [-0.25, -0.2) is 0 Å². The lowest BCUT2D eigenvalue weighted by Gasteiger charge is -2.24. The van der Waals surface area contributed by atoms with Gasteiger partial charge in [0.05, 0.1) is 11.2 Å². The van der Waals surface area contributed by atoms with Crippen LogP contribution in [0.15, 0.2) is 97.1 Å². The fourth-order valence-corrected chi connectivity index (χ4v) is 8.21. The Morgan fingerprint density at radius 1 is 0.500 bits per heavy atom. The monoisotopic (exact) mass is 650 g/mol. The summed E-state index contributed by atoms with van der Waals surface area (Å²) in [6, 6.07) is 36.9. The van der Waals surface area contributed by atoms with E-state index in [0.29, 0.717) is 0 Å². The molecule has 2 aromatic heterocycles. The third-order valence-corrected chi connectivity index (χ3v) is 11.1. The van der Waals surface area contributed by atoms with Crippen LogP contribution >= 0.6 is 0 Å². The number of nitrogens with one attached hydrogen (secondary N) is 1. The Bertz CT molecular complexity index is 2490. The van der Waals surface area contributed by atoms with Crippen LogP contribution in [0.2, 0.25) is 0 Å². The largest absolute Gasteiger partial charge is 0.354 e. The van der Waals surface area contributed by atoms with Crippen molar-refractivity contribution in [3.8, 4) is 33.5 Å². The van der Waals surface area contributed by atoms with Crippen molar-refractivity contribution in [1.29, 1.82) is 0 Å². The van der Waals surface area contributed by atoms with Crippen LogP contribution in [0.5, 0.6) is 0 Å². The van der Waals surface area contributed by atoms with Gasteiger partial charge in [-0.05, 0) is 137 Å².